The summed E-state index contributed by atoms with van der Waals surface area (Å²) in [5.74, 6) is -0.242. The van der Waals surface area contributed by atoms with Gasteiger partial charge in [0.15, 0.2) is 5.82 Å². The summed E-state index contributed by atoms with van der Waals surface area (Å²) in [5, 5.41) is 28.1. The number of aliphatic carboxylic acids is 1. The number of aromatic nitrogens is 6. The van der Waals surface area contributed by atoms with Crippen LogP contribution in [0.4, 0.5) is 0 Å². The number of carboxylic acid groups (broad SMARTS) is 1. The van der Waals surface area contributed by atoms with Gasteiger partial charge < -0.3 is 5.11 Å². The standard InChI is InChI=1S/C11H14N6O2/c1-7-6-9(8(2)13-12-7)11-14-15-16-17(11)5-3-4-10(18)19/h6H,3-5H2,1-2H3,(H,18,19). The smallest absolute Gasteiger partial charge is 0.303 e. The Morgan fingerprint density at radius 2 is 2.11 bits per heavy atom. The molecule has 0 spiro atoms. The van der Waals surface area contributed by atoms with Gasteiger partial charge in [0.25, 0.3) is 0 Å². The van der Waals surface area contributed by atoms with E-state index >= 15 is 0 Å². The van der Waals surface area contributed by atoms with Gasteiger partial charge in [0.1, 0.15) is 0 Å². The van der Waals surface area contributed by atoms with E-state index in [1.807, 2.05) is 19.9 Å². The van der Waals surface area contributed by atoms with E-state index in [1.165, 1.54) is 0 Å². The van der Waals surface area contributed by atoms with E-state index in [-0.39, 0.29) is 6.42 Å². The molecule has 2 heterocycles. The lowest BCUT2D eigenvalue weighted by atomic mass is 10.2. The van der Waals surface area contributed by atoms with Crippen LogP contribution in [0.2, 0.25) is 0 Å². The van der Waals surface area contributed by atoms with E-state index in [0.717, 1.165) is 17.0 Å². The Kier molecular flexibility index (Phi) is 3.79. The molecule has 2 rings (SSSR count). The van der Waals surface area contributed by atoms with Gasteiger partial charge in [-0.3, -0.25) is 4.79 Å². The monoisotopic (exact) mass is 262 g/mol. The first kappa shape index (κ1) is 13.1. The van der Waals surface area contributed by atoms with E-state index in [2.05, 4.69) is 25.7 Å². The average Bonchev–Trinajstić information content (AvgIpc) is 2.80. The minimum absolute atomic E-state index is 0.0892. The predicted molar refractivity (Wildman–Crippen MR) is 65.2 cm³/mol. The Labute approximate surface area is 109 Å². The molecular weight excluding hydrogens is 248 g/mol. The molecule has 0 saturated carbocycles. The Morgan fingerprint density at radius 1 is 1.32 bits per heavy atom. The molecule has 2 aromatic heterocycles. The average molecular weight is 262 g/mol. The van der Waals surface area contributed by atoms with Crippen molar-refractivity contribution in [3.63, 3.8) is 0 Å². The van der Waals surface area contributed by atoms with Gasteiger partial charge in [-0.1, -0.05) is 0 Å². The van der Waals surface area contributed by atoms with Gasteiger partial charge in [-0.15, -0.1) is 5.10 Å². The summed E-state index contributed by atoms with van der Waals surface area (Å²) in [4.78, 5) is 10.5. The highest BCUT2D eigenvalue weighted by atomic mass is 16.4. The summed E-state index contributed by atoms with van der Waals surface area (Å²) in [6, 6.07) is 1.86. The lowest BCUT2D eigenvalue weighted by Crippen LogP contribution is -2.07. The molecule has 0 amide bonds. The number of carboxylic acids is 1. The maximum Gasteiger partial charge on any atom is 0.303 e. The molecule has 0 radical (unpaired) electrons. The maximum absolute atomic E-state index is 10.5. The Bertz CT molecular complexity index is 595. The second-order valence-electron chi connectivity index (χ2n) is 4.21. The molecule has 8 heteroatoms. The van der Waals surface area contributed by atoms with Crippen LogP contribution in [0, 0.1) is 13.8 Å². The molecular formula is C11H14N6O2. The molecule has 0 aliphatic heterocycles. The van der Waals surface area contributed by atoms with Gasteiger partial charge in [-0.25, -0.2) is 4.68 Å². The highest BCUT2D eigenvalue weighted by molar-refractivity contribution is 5.66. The number of hydrogen-bond donors (Lipinski definition) is 1. The number of hydrogen-bond acceptors (Lipinski definition) is 6. The minimum Gasteiger partial charge on any atom is -0.481 e. The summed E-state index contributed by atoms with van der Waals surface area (Å²) < 4.78 is 1.59. The van der Waals surface area contributed by atoms with Crippen molar-refractivity contribution in [2.45, 2.75) is 33.2 Å². The molecule has 19 heavy (non-hydrogen) atoms. The highest BCUT2D eigenvalue weighted by Crippen LogP contribution is 2.19. The molecule has 0 unspecified atom stereocenters. The third-order valence-corrected chi connectivity index (χ3v) is 2.63. The molecule has 0 saturated heterocycles. The molecule has 0 aliphatic rings. The first-order chi connectivity index (χ1) is 9.08. The molecule has 0 aliphatic carbocycles. The Balaban J connectivity index is 2.23. The van der Waals surface area contributed by atoms with Crippen molar-refractivity contribution in [3.05, 3.63) is 17.5 Å². The number of carbonyl (C=O) groups is 1. The van der Waals surface area contributed by atoms with Gasteiger partial charge in [-0.05, 0) is 36.8 Å². The van der Waals surface area contributed by atoms with Gasteiger partial charge in [0.2, 0.25) is 0 Å². The summed E-state index contributed by atoms with van der Waals surface area (Å²) in [6.45, 7) is 4.13. The third-order valence-electron chi connectivity index (χ3n) is 2.63. The SMILES string of the molecule is Cc1cc(-c2nnnn2CCCC(=O)O)c(C)nn1. The van der Waals surface area contributed by atoms with Crippen LogP contribution in [0.5, 0.6) is 0 Å². The van der Waals surface area contributed by atoms with Crippen LogP contribution in [-0.4, -0.2) is 41.5 Å². The van der Waals surface area contributed by atoms with Crippen LogP contribution in [0.1, 0.15) is 24.2 Å². The van der Waals surface area contributed by atoms with Crippen LogP contribution in [0.3, 0.4) is 0 Å². The number of aryl methyl sites for hydroxylation is 3. The van der Waals surface area contributed by atoms with Gasteiger partial charge >= 0.3 is 5.97 Å². The Hall–Kier alpha value is -2.38. The molecule has 2 aromatic rings. The molecule has 0 aromatic carbocycles. The minimum atomic E-state index is -0.827. The highest BCUT2D eigenvalue weighted by Gasteiger charge is 2.13. The lowest BCUT2D eigenvalue weighted by Gasteiger charge is -2.06. The molecule has 8 nitrogen and oxygen atoms in total. The van der Waals surface area contributed by atoms with Crippen molar-refractivity contribution in [2.75, 3.05) is 0 Å². The largest absolute Gasteiger partial charge is 0.481 e. The summed E-state index contributed by atoms with van der Waals surface area (Å²) in [5.41, 5.74) is 2.33. The number of rotatable bonds is 5. The van der Waals surface area contributed by atoms with Gasteiger partial charge in [0, 0.05) is 18.5 Å². The summed E-state index contributed by atoms with van der Waals surface area (Å²) in [6.07, 6.45) is 0.565. The predicted octanol–water partition coefficient (Wildman–Crippen LogP) is 0.612. The van der Waals surface area contributed by atoms with Crippen molar-refractivity contribution in [1.29, 1.82) is 0 Å². The van der Waals surface area contributed by atoms with Crippen LogP contribution >= 0.6 is 0 Å². The molecule has 0 fully saturated rings. The first-order valence-corrected chi connectivity index (χ1v) is 5.87. The van der Waals surface area contributed by atoms with Crippen LogP contribution in [0.25, 0.3) is 11.4 Å². The fourth-order valence-electron chi connectivity index (χ4n) is 1.70. The van der Waals surface area contributed by atoms with E-state index in [9.17, 15) is 4.79 Å². The topological polar surface area (TPSA) is 107 Å². The zero-order valence-electron chi connectivity index (χ0n) is 10.7. The van der Waals surface area contributed by atoms with Crippen molar-refractivity contribution < 1.29 is 9.90 Å². The molecule has 100 valence electrons. The number of nitrogens with zero attached hydrogens (tertiary/aromatic N) is 6. The van der Waals surface area contributed by atoms with E-state index in [1.54, 1.807) is 4.68 Å². The van der Waals surface area contributed by atoms with Crippen molar-refractivity contribution in [3.8, 4) is 11.4 Å². The van der Waals surface area contributed by atoms with Crippen molar-refractivity contribution in [1.82, 2.24) is 30.4 Å². The summed E-state index contributed by atoms with van der Waals surface area (Å²) in [7, 11) is 0. The van der Waals surface area contributed by atoms with Gasteiger partial charge in [-0.2, -0.15) is 10.2 Å². The van der Waals surface area contributed by atoms with Crippen molar-refractivity contribution in [2.24, 2.45) is 0 Å². The second-order valence-corrected chi connectivity index (χ2v) is 4.21. The fourth-order valence-corrected chi connectivity index (χ4v) is 1.70. The van der Waals surface area contributed by atoms with Gasteiger partial charge in [0.05, 0.1) is 11.4 Å². The van der Waals surface area contributed by atoms with Crippen LogP contribution in [0.15, 0.2) is 6.07 Å². The molecule has 0 bridgehead atoms. The Morgan fingerprint density at radius 3 is 2.84 bits per heavy atom. The lowest BCUT2D eigenvalue weighted by molar-refractivity contribution is -0.137. The van der Waals surface area contributed by atoms with E-state index < -0.39 is 5.97 Å². The van der Waals surface area contributed by atoms with Crippen LogP contribution < -0.4 is 0 Å². The fraction of sp³-hybridized carbons (Fsp3) is 0.455. The molecule has 0 atom stereocenters. The maximum atomic E-state index is 10.5. The molecule has 1 N–H and O–H groups in total. The quantitative estimate of drug-likeness (QED) is 0.841. The number of tetrazole rings is 1. The normalized spacial score (nSPS) is 10.6. The summed E-state index contributed by atoms with van der Waals surface area (Å²) >= 11 is 0. The second kappa shape index (κ2) is 5.51. The van der Waals surface area contributed by atoms with Crippen LogP contribution in [-0.2, 0) is 11.3 Å². The van der Waals surface area contributed by atoms with E-state index in [0.29, 0.717) is 18.8 Å². The zero-order chi connectivity index (χ0) is 13.8. The van der Waals surface area contributed by atoms with Crippen molar-refractivity contribution >= 4 is 5.97 Å². The first-order valence-electron chi connectivity index (χ1n) is 5.87. The zero-order valence-corrected chi connectivity index (χ0v) is 10.7. The van der Waals surface area contributed by atoms with E-state index in [4.69, 9.17) is 5.11 Å². The third kappa shape index (κ3) is 3.09.